The maximum Gasteiger partial charge on any atom is 0.155 e. The van der Waals surface area contributed by atoms with Gasteiger partial charge in [-0.2, -0.15) is 5.10 Å². The van der Waals surface area contributed by atoms with E-state index in [0.29, 0.717) is 12.6 Å². The van der Waals surface area contributed by atoms with Gasteiger partial charge in [-0.25, -0.2) is 4.39 Å². The first kappa shape index (κ1) is 20.5. The predicted molar refractivity (Wildman–Crippen MR) is 106 cm³/mol. The van der Waals surface area contributed by atoms with Crippen molar-refractivity contribution < 1.29 is 14.0 Å². The van der Waals surface area contributed by atoms with Crippen molar-refractivity contribution in [2.45, 2.75) is 38.0 Å². The Bertz CT molecular complexity index is 736. The number of likely N-dealkylation sites (tertiary alicyclic amines) is 1. The average molecular weight is 397 g/mol. The summed E-state index contributed by atoms with van der Waals surface area (Å²) in [7, 11) is 0. The van der Waals surface area contributed by atoms with Crippen molar-refractivity contribution in [3.05, 3.63) is 30.2 Å². The lowest BCUT2D eigenvalue weighted by atomic mass is 10.0. The number of aliphatic hydroxyl groups is 1. The lowest BCUT2D eigenvalue weighted by Gasteiger charge is -2.34. The second-order valence-corrected chi connectivity index (χ2v) is 9.03. The Morgan fingerprint density at radius 3 is 2.81 bits per heavy atom. The lowest BCUT2D eigenvalue weighted by molar-refractivity contribution is 0.173. The molecule has 2 unspecified atom stereocenters. The standard InChI is InChI=1S/C19H29FN4O2S/c1-3-23(27(26)15(2)14-25)11-10-22-8-6-18(7-9-22)24-19-5-4-17(20)12-16(19)13-21-24/h4-5,12-13,15,18,25H,3,6-11,14H2,1-2H3. The number of nitrogens with zero attached hydrogens (tertiary/aromatic N) is 4. The number of benzene rings is 1. The molecule has 6 nitrogen and oxygen atoms in total. The van der Waals surface area contributed by atoms with Gasteiger partial charge in [0, 0.05) is 42.9 Å². The molecule has 1 N–H and O–H groups in total. The van der Waals surface area contributed by atoms with Crippen LogP contribution in [-0.4, -0.2) is 73.2 Å². The van der Waals surface area contributed by atoms with Gasteiger partial charge in [-0.15, -0.1) is 4.31 Å². The Labute approximate surface area is 163 Å². The number of aliphatic hydroxyl groups excluding tert-OH is 1. The second kappa shape index (κ2) is 9.34. The van der Waals surface area contributed by atoms with Crippen molar-refractivity contribution in [1.82, 2.24) is 19.0 Å². The minimum Gasteiger partial charge on any atom is -0.598 e. The van der Waals surface area contributed by atoms with Gasteiger partial charge in [0.05, 0.1) is 30.9 Å². The first-order valence-corrected chi connectivity index (χ1v) is 10.8. The van der Waals surface area contributed by atoms with Crippen LogP contribution < -0.4 is 0 Å². The van der Waals surface area contributed by atoms with Crippen molar-refractivity contribution in [3.8, 4) is 0 Å². The molecular weight excluding hydrogens is 367 g/mol. The van der Waals surface area contributed by atoms with Crippen LogP contribution in [0, 0.1) is 5.82 Å². The SMILES string of the molecule is CCN(CCN1CCC(n2ncc3cc(F)ccc32)CC1)[S+]([O-])C(C)CO. The topological polar surface area (TPSA) is 67.6 Å². The quantitative estimate of drug-likeness (QED) is 0.693. The largest absolute Gasteiger partial charge is 0.598 e. The van der Waals surface area contributed by atoms with Crippen LogP contribution in [0.15, 0.2) is 24.4 Å². The van der Waals surface area contributed by atoms with Crippen molar-refractivity contribution >= 4 is 22.3 Å². The van der Waals surface area contributed by atoms with E-state index >= 15 is 0 Å². The molecule has 2 atom stereocenters. The summed E-state index contributed by atoms with van der Waals surface area (Å²) in [4.78, 5) is 2.39. The summed E-state index contributed by atoms with van der Waals surface area (Å²) in [6.07, 6.45) is 3.73. The van der Waals surface area contributed by atoms with Gasteiger partial charge in [0.25, 0.3) is 0 Å². The molecule has 0 spiro atoms. The van der Waals surface area contributed by atoms with Crippen LogP contribution >= 0.6 is 0 Å². The fourth-order valence-corrected chi connectivity index (χ4v) is 4.80. The highest BCUT2D eigenvalue weighted by molar-refractivity contribution is 7.89. The number of fused-ring (bicyclic) bond motifs is 1. The monoisotopic (exact) mass is 396 g/mol. The summed E-state index contributed by atoms with van der Waals surface area (Å²) in [6, 6.07) is 5.15. The Hall–Kier alpha value is -1.19. The zero-order chi connectivity index (χ0) is 19.4. The number of likely N-dealkylation sites (N-methyl/N-ethyl adjacent to an activating group) is 1. The van der Waals surface area contributed by atoms with E-state index in [1.807, 2.05) is 22.8 Å². The van der Waals surface area contributed by atoms with Gasteiger partial charge in [-0.05, 0) is 44.9 Å². The highest BCUT2D eigenvalue weighted by Crippen LogP contribution is 2.26. The molecule has 27 heavy (non-hydrogen) atoms. The molecule has 2 aromatic rings. The number of hydrogen-bond donors (Lipinski definition) is 1. The Kier molecular flexibility index (Phi) is 7.10. The molecule has 1 fully saturated rings. The summed E-state index contributed by atoms with van der Waals surface area (Å²) in [5.41, 5.74) is 0.986. The molecule has 0 bridgehead atoms. The van der Waals surface area contributed by atoms with E-state index in [1.165, 1.54) is 12.1 Å². The molecule has 1 aromatic heterocycles. The maximum absolute atomic E-state index is 13.4. The number of hydrogen-bond acceptors (Lipinski definition) is 5. The van der Waals surface area contributed by atoms with Crippen LogP contribution in [0.3, 0.4) is 0 Å². The minimum atomic E-state index is -1.14. The molecule has 3 rings (SSSR count). The molecule has 1 aliphatic heterocycles. The summed E-state index contributed by atoms with van der Waals surface area (Å²) in [5.74, 6) is -0.231. The second-order valence-electron chi connectivity index (χ2n) is 7.16. The molecule has 0 saturated carbocycles. The molecule has 150 valence electrons. The first-order valence-electron chi connectivity index (χ1n) is 9.65. The van der Waals surface area contributed by atoms with E-state index in [9.17, 15) is 14.0 Å². The third-order valence-electron chi connectivity index (χ3n) is 5.33. The van der Waals surface area contributed by atoms with E-state index in [2.05, 4.69) is 10.00 Å². The summed E-state index contributed by atoms with van der Waals surface area (Å²) in [5, 5.41) is 14.3. The van der Waals surface area contributed by atoms with Gasteiger partial charge in [0.15, 0.2) is 5.25 Å². The molecule has 1 aromatic carbocycles. The summed E-state index contributed by atoms with van der Waals surface area (Å²) < 4.78 is 29.7. The molecule has 0 radical (unpaired) electrons. The van der Waals surface area contributed by atoms with E-state index in [4.69, 9.17) is 0 Å². The van der Waals surface area contributed by atoms with Gasteiger partial charge in [-0.3, -0.25) is 4.68 Å². The van der Waals surface area contributed by atoms with Crippen LogP contribution in [0.2, 0.25) is 0 Å². The van der Waals surface area contributed by atoms with E-state index in [1.54, 1.807) is 12.3 Å². The highest BCUT2D eigenvalue weighted by Gasteiger charge is 2.27. The van der Waals surface area contributed by atoms with E-state index in [-0.39, 0.29) is 17.7 Å². The molecule has 8 heteroatoms. The van der Waals surface area contributed by atoms with E-state index < -0.39 is 11.4 Å². The van der Waals surface area contributed by atoms with Gasteiger partial charge in [0.1, 0.15) is 5.82 Å². The van der Waals surface area contributed by atoms with Crippen LogP contribution in [0.25, 0.3) is 10.9 Å². The molecule has 1 saturated heterocycles. The Morgan fingerprint density at radius 2 is 2.15 bits per heavy atom. The van der Waals surface area contributed by atoms with Gasteiger partial charge < -0.3 is 14.6 Å². The minimum absolute atomic E-state index is 0.0593. The average Bonchev–Trinajstić information content (AvgIpc) is 3.11. The van der Waals surface area contributed by atoms with Crippen LogP contribution in [0.5, 0.6) is 0 Å². The number of rotatable bonds is 8. The molecule has 0 aliphatic carbocycles. The highest BCUT2D eigenvalue weighted by atomic mass is 32.2. The summed E-state index contributed by atoms with van der Waals surface area (Å²) >= 11 is -1.14. The van der Waals surface area contributed by atoms with Gasteiger partial charge >= 0.3 is 0 Å². The van der Waals surface area contributed by atoms with Crippen LogP contribution in [-0.2, 0) is 11.4 Å². The predicted octanol–water partition coefficient (Wildman–Crippen LogP) is 2.18. The normalized spacial score (nSPS) is 19.0. The fourth-order valence-electron chi connectivity index (χ4n) is 3.65. The lowest BCUT2D eigenvalue weighted by Crippen LogP contribution is -2.44. The van der Waals surface area contributed by atoms with Crippen molar-refractivity contribution in [1.29, 1.82) is 0 Å². The molecule has 2 heterocycles. The number of aromatic nitrogens is 2. The zero-order valence-corrected chi connectivity index (χ0v) is 16.9. The van der Waals surface area contributed by atoms with Crippen molar-refractivity contribution in [2.24, 2.45) is 0 Å². The number of halogens is 1. The molecular formula is C19H29FN4O2S. The third kappa shape index (κ3) is 4.81. The Balaban J connectivity index is 1.52. The number of piperidine rings is 1. The fraction of sp³-hybridized carbons (Fsp3) is 0.632. The van der Waals surface area contributed by atoms with Crippen LogP contribution in [0.4, 0.5) is 4.39 Å². The summed E-state index contributed by atoms with van der Waals surface area (Å²) in [6.45, 7) is 8.00. The zero-order valence-electron chi connectivity index (χ0n) is 16.1. The van der Waals surface area contributed by atoms with Crippen molar-refractivity contribution in [2.75, 3.05) is 39.3 Å². The van der Waals surface area contributed by atoms with E-state index in [0.717, 1.165) is 49.9 Å². The maximum atomic E-state index is 13.4. The third-order valence-corrected chi connectivity index (χ3v) is 7.12. The Morgan fingerprint density at radius 1 is 1.41 bits per heavy atom. The van der Waals surface area contributed by atoms with Crippen LogP contribution in [0.1, 0.15) is 32.7 Å². The van der Waals surface area contributed by atoms with Crippen molar-refractivity contribution in [3.63, 3.8) is 0 Å². The van der Waals surface area contributed by atoms with Gasteiger partial charge in [-0.1, -0.05) is 0 Å². The van der Waals surface area contributed by atoms with Gasteiger partial charge in [0.2, 0.25) is 0 Å². The molecule has 1 aliphatic rings. The first-order chi connectivity index (χ1) is 13.0. The smallest absolute Gasteiger partial charge is 0.155 e. The molecule has 0 amide bonds.